The molecule has 1 saturated heterocycles. The molecular weight excluding hydrogens is 442 g/mol. The van der Waals surface area contributed by atoms with Crippen molar-refractivity contribution in [1.82, 2.24) is 14.5 Å². The Morgan fingerprint density at radius 1 is 1.23 bits per heavy atom. The van der Waals surface area contributed by atoms with Crippen LogP contribution in [-0.2, 0) is 10.6 Å². The van der Waals surface area contributed by atoms with Crippen molar-refractivity contribution in [1.29, 1.82) is 5.26 Å². The predicted molar refractivity (Wildman–Crippen MR) is 130 cm³/mol. The SMILES string of the molecule is COc1cc(C=C2CCCN3C2=NOC32CCOc3cc(C#N)ccc32)ccc1-n1cnc(C)c1. The van der Waals surface area contributed by atoms with Gasteiger partial charge in [-0.1, -0.05) is 11.2 Å². The molecule has 1 atom stereocenters. The highest BCUT2D eigenvalue weighted by Gasteiger charge is 2.52. The predicted octanol–water partition coefficient (Wildman–Crippen LogP) is 4.52. The molecule has 8 nitrogen and oxygen atoms in total. The highest BCUT2D eigenvalue weighted by atomic mass is 16.7. The summed E-state index contributed by atoms with van der Waals surface area (Å²) in [6.07, 6.45) is 8.50. The number of rotatable bonds is 3. The van der Waals surface area contributed by atoms with Crippen LogP contribution in [-0.4, -0.2) is 40.5 Å². The largest absolute Gasteiger partial charge is 0.495 e. The van der Waals surface area contributed by atoms with E-state index in [2.05, 4.69) is 33.3 Å². The number of aryl methyl sites for hydroxylation is 1. The topological polar surface area (TPSA) is 84.9 Å². The van der Waals surface area contributed by atoms with Crippen LogP contribution >= 0.6 is 0 Å². The smallest absolute Gasteiger partial charge is 0.244 e. The van der Waals surface area contributed by atoms with E-state index in [1.54, 1.807) is 19.5 Å². The van der Waals surface area contributed by atoms with Gasteiger partial charge < -0.3 is 23.8 Å². The van der Waals surface area contributed by atoms with Gasteiger partial charge in [-0.2, -0.15) is 5.26 Å². The first-order valence-electron chi connectivity index (χ1n) is 11.7. The molecule has 8 heteroatoms. The van der Waals surface area contributed by atoms with Crippen molar-refractivity contribution < 1.29 is 14.3 Å². The number of ether oxygens (including phenoxy) is 2. The van der Waals surface area contributed by atoms with Gasteiger partial charge in [0.2, 0.25) is 5.72 Å². The van der Waals surface area contributed by atoms with Gasteiger partial charge in [0.25, 0.3) is 0 Å². The number of hydrogen-bond acceptors (Lipinski definition) is 7. The van der Waals surface area contributed by atoms with Gasteiger partial charge in [-0.3, -0.25) is 0 Å². The van der Waals surface area contributed by atoms with Gasteiger partial charge in [0, 0.05) is 19.2 Å². The lowest BCUT2D eigenvalue weighted by Gasteiger charge is -2.42. The molecule has 1 spiro atoms. The van der Waals surface area contributed by atoms with Gasteiger partial charge in [0.15, 0.2) is 5.84 Å². The summed E-state index contributed by atoms with van der Waals surface area (Å²) in [5.41, 5.74) is 4.85. The van der Waals surface area contributed by atoms with Crippen molar-refractivity contribution in [2.45, 2.75) is 31.9 Å². The average Bonchev–Trinajstić information content (AvgIpc) is 3.49. The minimum Gasteiger partial charge on any atom is -0.495 e. The van der Waals surface area contributed by atoms with E-state index >= 15 is 0 Å². The summed E-state index contributed by atoms with van der Waals surface area (Å²) in [6.45, 7) is 3.32. The zero-order valence-corrected chi connectivity index (χ0v) is 19.7. The number of methoxy groups -OCH3 is 1. The van der Waals surface area contributed by atoms with Crippen molar-refractivity contribution in [3.05, 3.63) is 76.9 Å². The van der Waals surface area contributed by atoms with Crippen LogP contribution < -0.4 is 9.47 Å². The number of nitrogens with zero attached hydrogens (tertiary/aromatic N) is 5. The standard InChI is InChI=1S/C27H25N5O3/c1-18-16-31(17-29-18)23-8-6-19(13-25(23)33-2)12-21-4-3-10-32-26(21)30-35-27(32)9-11-34-24-14-20(15-28)5-7-22(24)27/h5-8,12-14,16-17H,3-4,9-11H2,1-2H3. The number of benzene rings is 2. The minimum atomic E-state index is -0.697. The number of aromatic nitrogens is 2. The van der Waals surface area contributed by atoms with E-state index in [1.165, 1.54) is 0 Å². The Bertz CT molecular complexity index is 1420. The second kappa shape index (κ2) is 8.20. The quantitative estimate of drug-likeness (QED) is 0.563. The lowest BCUT2D eigenvalue weighted by atomic mass is 9.90. The van der Waals surface area contributed by atoms with Crippen LogP contribution in [0, 0.1) is 18.3 Å². The molecule has 0 amide bonds. The van der Waals surface area contributed by atoms with Gasteiger partial charge in [0.1, 0.15) is 11.5 Å². The summed E-state index contributed by atoms with van der Waals surface area (Å²) in [4.78, 5) is 12.8. The minimum absolute atomic E-state index is 0.507. The van der Waals surface area contributed by atoms with Gasteiger partial charge in [-0.05, 0) is 67.3 Å². The fraction of sp³-hybridized carbons (Fsp3) is 0.296. The molecule has 1 fully saturated rings. The molecular formula is C27H25N5O3. The van der Waals surface area contributed by atoms with E-state index in [4.69, 9.17) is 14.3 Å². The highest BCUT2D eigenvalue weighted by molar-refractivity contribution is 6.03. The third-order valence-corrected chi connectivity index (χ3v) is 6.85. The Balaban J connectivity index is 1.34. The number of oxime groups is 1. The molecule has 0 N–H and O–H groups in total. The molecule has 3 aromatic rings. The molecule has 3 aliphatic heterocycles. The van der Waals surface area contributed by atoms with Crippen LogP contribution in [0.3, 0.4) is 0 Å². The van der Waals surface area contributed by atoms with Crippen LogP contribution in [0.2, 0.25) is 0 Å². The molecule has 0 bridgehead atoms. The van der Waals surface area contributed by atoms with Crippen molar-refractivity contribution in [3.8, 4) is 23.3 Å². The zero-order chi connectivity index (χ0) is 24.0. The Kier molecular flexibility index (Phi) is 4.99. The molecule has 0 radical (unpaired) electrons. The van der Waals surface area contributed by atoms with Gasteiger partial charge in [-0.15, -0.1) is 0 Å². The van der Waals surface area contributed by atoms with Crippen LogP contribution in [0.4, 0.5) is 0 Å². The summed E-state index contributed by atoms with van der Waals surface area (Å²) >= 11 is 0. The van der Waals surface area contributed by atoms with E-state index in [9.17, 15) is 5.26 Å². The van der Waals surface area contributed by atoms with E-state index in [0.29, 0.717) is 24.3 Å². The Morgan fingerprint density at radius 2 is 2.14 bits per heavy atom. The number of nitriles is 1. The van der Waals surface area contributed by atoms with E-state index in [0.717, 1.165) is 59.1 Å². The molecule has 0 aliphatic carbocycles. The lowest BCUT2D eigenvalue weighted by molar-refractivity contribution is -0.128. The maximum absolute atomic E-state index is 9.29. The molecule has 6 rings (SSSR count). The average molecular weight is 468 g/mol. The van der Waals surface area contributed by atoms with Crippen molar-refractivity contribution in [2.75, 3.05) is 20.3 Å². The number of amidine groups is 1. The fourth-order valence-electron chi connectivity index (χ4n) is 5.18. The van der Waals surface area contributed by atoms with Crippen LogP contribution in [0.25, 0.3) is 11.8 Å². The Morgan fingerprint density at radius 3 is 2.94 bits per heavy atom. The lowest BCUT2D eigenvalue weighted by Crippen LogP contribution is -2.51. The van der Waals surface area contributed by atoms with Crippen LogP contribution in [0.1, 0.15) is 41.6 Å². The highest BCUT2D eigenvalue weighted by Crippen LogP contribution is 2.48. The normalized spacial score (nSPS) is 21.6. The third kappa shape index (κ3) is 3.43. The van der Waals surface area contributed by atoms with Crippen molar-refractivity contribution in [2.24, 2.45) is 5.16 Å². The summed E-state index contributed by atoms with van der Waals surface area (Å²) in [7, 11) is 1.68. The number of fused-ring (bicyclic) bond motifs is 4. The summed E-state index contributed by atoms with van der Waals surface area (Å²) < 4.78 is 13.5. The van der Waals surface area contributed by atoms with Crippen LogP contribution in [0.5, 0.6) is 11.5 Å². The second-order valence-electron chi connectivity index (χ2n) is 8.99. The number of imidazole rings is 1. The first-order chi connectivity index (χ1) is 17.1. The maximum atomic E-state index is 9.29. The van der Waals surface area contributed by atoms with E-state index in [1.807, 2.05) is 42.0 Å². The number of hydrogen-bond donors (Lipinski definition) is 0. The molecule has 35 heavy (non-hydrogen) atoms. The van der Waals surface area contributed by atoms with E-state index < -0.39 is 5.72 Å². The fourth-order valence-corrected chi connectivity index (χ4v) is 5.18. The summed E-state index contributed by atoms with van der Waals surface area (Å²) in [5, 5.41) is 13.9. The molecule has 0 saturated carbocycles. The first kappa shape index (κ1) is 21.3. The van der Waals surface area contributed by atoms with Crippen LogP contribution in [0.15, 0.2) is 59.7 Å². The monoisotopic (exact) mass is 467 g/mol. The first-order valence-corrected chi connectivity index (χ1v) is 11.7. The third-order valence-electron chi connectivity index (χ3n) is 6.85. The Hall–Kier alpha value is -4.25. The Labute approximate surface area is 203 Å². The second-order valence-corrected chi connectivity index (χ2v) is 8.99. The molecule has 3 aliphatic rings. The van der Waals surface area contributed by atoms with Crippen molar-refractivity contribution in [3.63, 3.8) is 0 Å². The van der Waals surface area contributed by atoms with Gasteiger partial charge in [0.05, 0.1) is 48.6 Å². The molecule has 176 valence electrons. The zero-order valence-electron chi connectivity index (χ0n) is 19.7. The summed E-state index contributed by atoms with van der Waals surface area (Å²) in [6, 6.07) is 13.9. The molecule has 4 heterocycles. The molecule has 2 aromatic carbocycles. The summed E-state index contributed by atoms with van der Waals surface area (Å²) in [5.74, 6) is 2.33. The number of piperidine rings is 1. The molecule has 1 unspecified atom stereocenters. The molecule has 1 aromatic heterocycles. The van der Waals surface area contributed by atoms with Gasteiger partial charge >= 0.3 is 0 Å². The van der Waals surface area contributed by atoms with Crippen molar-refractivity contribution >= 4 is 11.9 Å². The van der Waals surface area contributed by atoms with Gasteiger partial charge in [-0.25, -0.2) is 4.98 Å². The maximum Gasteiger partial charge on any atom is 0.244 e. The van der Waals surface area contributed by atoms with E-state index in [-0.39, 0.29) is 0 Å².